The minimum Gasteiger partial charge on any atom is -0.504 e. The van der Waals surface area contributed by atoms with Gasteiger partial charge in [-0.2, -0.15) is 0 Å². The van der Waals surface area contributed by atoms with Crippen molar-refractivity contribution < 1.29 is 19.4 Å². The minimum atomic E-state index is -0.570. The van der Waals surface area contributed by atoms with E-state index in [-0.39, 0.29) is 17.1 Å². The van der Waals surface area contributed by atoms with Crippen LogP contribution in [0, 0.1) is 0 Å². The smallest absolute Gasteiger partial charge is 0.348 e. The number of carbonyl (C=O) groups is 1. The summed E-state index contributed by atoms with van der Waals surface area (Å²) < 4.78 is 10.4. The quantitative estimate of drug-likeness (QED) is 0.699. The molecule has 1 heterocycles. The van der Waals surface area contributed by atoms with E-state index in [0.717, 1.165) is 16.3 Å². The van der Waals surface area contributed by atoms with E-state index in [0.29, 0.717) is 11.3 Å². The van der Waals surface area contributed by atoms with E-state index in [1.165, 1.54) is 0 Å². The average molecular weight is 344 g/mol. The Morgan fingerprint density at radius 2 is 1.69 bits per heavy atom. The molecule has 0 aliphatic carbocycles. The summed E-state index contributed by atoms with van der Waals surface area (Å²) >= 11 is 0. The van der Waals surface area contributed by atoms with Gasteiger partial charge >= 0.3 is 5.97 Å². The van der Waals surface area contributed by atoms with Gasteiger partial charge in [0.05, 0.1) is 7.11 Å². The molecule has 4 nitrogen and oxygen atoms in total. The Kier molecular flexibility index (Phi) is 3.93. The van der Waals surface area contributed by atoms with Crippen LogP contribution in [0.4, 0.5) is 0 Å². The number of ether oxygens (including phenoxy) is 2. The topological polar surface area (TPSA) is 55.8 Å². The first-order valence-electron chi connectivity index (χ1n) is 8.17. The van der Waals surface area contributed by atoms with Crippen LogP contribution in [-0.4, -0.2) is 18.2 Å². The zero-order valence-electron chi connectivity index (χ0n) is 14.1. The van der Waals surface area contributed by atoms with Gasteiger partial charge in [-0.05, 0) is 40.1 Å². The zero-order valence-corrected chi connectivity index (χ0v) is 14.1. The van der Waals surface area contributed by atoms with Crippen molar-refractivity contribution in [1.29, 1.82) is 0 Å². The fourth-order valence-electron chi connectivity index (χ4n) is 3.05. The summed E-state index contributed by atoms with van der Waals surface area (Å²) in [6.07, 6.45) is 1.69. The number of aliphatic hydroxyl groups excluding tert-OH is 1. The van der Waals surface area contributed by atoms with Gasteiger partial charge in [0.25, 0.3) is 0 Å². The van der Waals surface area contributed by atoms with Gasteiger partial charge in [-0.3, -0.25) is 0 Å². The maximum atomic E-state index is 12.3. The third-order valence-corrected chi connectivity index (χ3v) is 4.37. The van der Waals surface area contributed by atoms with Crippen LogP contribution in [0.25, 0.3) is 22.4 Å². The highest BCUT2D eigenvalue weighted by atomic mass is 16.6. The number of rotatable bonds is 3. The maximum Gasteiger partial charge on any atom is 0.348 e. The molecule has 0 saturated heterocycles. The summed E-state index contributed by atoms with van der Waals surface area (Å²) in [5, 5.41) is 12.7. The number of aliphatic hydroxyl groups is 1. The normalized spacial score (nSPS) is 15.6. The van der Waals surface area contributed by atoms with Gasteiger partial charge in [0.2, 0.25) is 0 Å². The van der Waals surface area contributed by atoms with Crippen molar-refractivity contribution in [2.45, 2.75) is 0 Å². The van der Waals surface area contributed by atoms with Gasteiger partial charge in [0.1, 0.15) is 11.3 Å². The number of esters is 1. The number of hydrogen-bond donors (Lipinski definition) is 1. The van der Waals surface area contributed by atoms with Gasteiger partial charge in [-0.1, -0.05) is 54.6 Å². The number of cyclic esters (lactones) is 1. The fraction of sp³-hybridized carbons (Fsp3) is 0.0455. The molecule has 128 valence electrons. The van der Waals surface area contributed by atoms with Crippen LogP contribution in [0.3, 0.4) is 0 Å². The highest BCUT2D eigenvalue weighted by Crippen LogP contribution is 2.34. The molecular formula is C22H16O4. The first kappa shape index (κ1) is 16.0. The minimum absolute atomic E-state index is 0.150. The van der Waals surface area contributed by atoms with Gasteiger partial charge in [0.15, 0.2) is 11.5 Å². The standard InChI is InChI=1S/C22H16O4/c1-25-17-11-9-15(10-12-17)20-21(23)19(26-22(20)24)13-16-7-4-6-14-5-2-3-8-18(14)16/h2-13,23H,1H3/b19-13-. The Morgan fingerprint density at radius 1 is 0.962 bits per heavy atom. The van der Waals surface area contributed by atoms with E-state index in [4.69, 9.17) is 9.47 Å². The van der Waals surface area contributed by atoms with E-state index in [1.54, 1.807) is 37.5 Å². The van der Waals surface area contributed by atoms with Crippen LogP contribution >= 0.6 is 0 Å². The summed E-state index contributed by atoms with van der Waals surface area (Å²) in [6, 6.07) is 20.7. The molecule has 0 aromatic heterocycles. The predicted octanol–water partition coefficient (Wildman–Crippen LogP) is 4.72. The largest absolute Gasteiger partial charge is 0.504 e. The van der Waals surface area contributed by atoms with Crippen molar-refractivity contribution >= 4 is 28.4 Å². The molecule has 3 aromatic carbocycles. The van der Waals surface area contributed by atoms with Crippen LogP contribution < -0.4 is 4.74 Å². The molecule has 4 heteroatoms. The fourth-order valence-corrected chi connectivity index (χ4v) is 3.05. The predicted molar refractivity (Wildman–Crippen MR) is 101 cm³/mol. The van der Waals surface area contributed by atoms with Crippen molar-refractivity contribution in [2.24, 2.45) is 0 Å². The van der Waals surface area contributed by atoms with Crippen molar-refractivity contribution in [2.75, 3.05) is 7.11 Å². The van der Waals surface area contributed by atoms with Gasteiger partial charge in [0, 0.05) is 0 Å². The Hall–Kier alpha value is -3.53. The summed E-state index contributed by atoms with van der Waals surface area (Å²) in [5.41, 5.74) is 1.60. The molecule has 0 amide bonds. The molecule has 0 saturated carbocycles. The molecule has 0 atom stereocenters. The molecule has 3 aromatic rings. The molecule has 1 aliphatic rings. The van der Waals surface area contributed by atoms with E-state index < -0.39 is 5.97 Å². The summed E-state index contributed by atoms with van der Waals surface area (Å²) in [7, 11) is 1.57. The van der Waals surface area contributed by atoms with E-state index in [9.17, 15) is 9.90 Å². The lowest BCUT2D eigenvalue weighted by Crippen LogP contribution is -1.98. The molecule has 0 spiro atoms. The Bertz CT molecular complexity index is 1050. The molecule has 0 fully saturated rings. The molecular weight excluding hydrogens is 328 g/mol. The highest BCUT2D eigenvalue weighted by molar-refractivity contribution is 6.21. The second-order valence-corrected chi connectivity index (χ2v) is 5.92. The molecule has 1 aliphatic heterocycles. The van der Waals surface area contributed by atoms with Crippen LogP contribution in [0.2, 0.25) is 0 Å². The lowest BCUT2D eigenvalue weighted by Gasteiger charge is -2.03. The Labute approximate surface area is 150 Å². The Balaban J connectivity index is 1.79. The van der Waals surface area contributed by atoms with E-state index in [1.807, 2.05) is 42.5 Å². The van der Waals surface area contributed by atoms with Crippen LogP contribution in [0.5, 0.6) is 5.75 Å². The highest BCUT2D eigenvalue weighted by Gasteiger charge is 2.31. The monoisotopic (exact) mass is 344 g/mol. The second kappa shape index (κ2) is 6.41. The molecule has 26 heavy (non-hydrogen) atoms. The number of carbonyl (C=O) groups excluding carboxylic acids is 1. The van der Waals surface area contributed by atoms with Crippen molar-refractivity contribution in [3.8, 4) is 5.75 Å². The second-order valence-electron chi connectivity index (χ2n) is 5.92. The first-order valence-corrected chi connectivity index (χ1v) is 8.17. The molecule has 0 radical (unpaired) electrons. The summed E-state index contributed by atoms with van der Waals surface area (Å²) in [5.74, 6) is 0.0937. The van der Waals surface area contributed by atoms with Crippen molar-refractivity contribution in [3.05, 3.63) is 89.4 Å². The average Bonchev–Trinajstić information content (AvgIpc) is 2.95. The van der Waals surface area contributed by atoms with E-state index in [2.05, 4.69) is 0 Å². The van der Waals surface area contributed by atoms with Crippen LogP contribution in [-0.2, 0) is 9.53 Å². The molecule has 0 unspecified atom stereocenters. The summed E-state index contributed by atoms with van der Waals surface area (Å²) in [6.45, 7) is 0. The van der Waals surface area contributed by atoms with Crippen LogP contribution in [0.1, 0.15) is 11.1 Å². The van der Waals surface area contributed by atoms with Gasteiger partial charge < -0.3 is 14.6 Å². The van der Waals surface area contributed by atoms with E-state index >= 15 is 0 Å². The molecule has 0 bridgehead atoms. The van der Waals surface area contributed by atoms with Crippen molar-refractivity contribution in [1.82, 2.24) is 0 Å². The lowest BCUT2D eigenvalue weighted by atomic mass is 10.0. The number of fused-ring (bicyclic) bond motifs is 1. The maximum absolute atomic E-state index is 12.3. The van der Waals surface area contributed by atoms with Gasteiger partial charge in [-0.25, -0.2) is 4.79 Å². The third kappa shape index (κ3) is 2.71. The summed E-state index contributed by atoms with van der Waals surface area (Å²) in [4.78, 5) is 12.3. The number of benzene rings is 3. The SMILES string of the molecule is COc1ccc(C2=C(O)/C(=C/c3cccc4ccccc34)OC2=O)cc1. The van der Waals surface area contributed by atoms with Crippen LogP contribution in [0.15, 0.2) is 78.2 Å². The Morgan fingerprint density at radius 3 is 2.46 bits per heavy atom. The first-order chi connectivity index (χ1) is 12.7. The van der Waals surface area contributed by atoms with Crippen molar-refractivity contribution in [3.63, 3.8) is 0 Å². The number of methoxy groups -OCH3 is 1. The third-order valence-electron chi connectivity index (χ3n) is 4.37. The lowest BCUT2D eigenvalue weighted by molar-refractivity contribution is -0.131. The van der Waals surface area contributed by atoms with Gasteiger partial charge in [-0.15, -0.1) is 0 Å². The zero-order chi connectivity index (χ0) is 18.1. The molecule has 1 N–H and O–H groups in total. The number of hydrogen-bond acceptors (Lipinski definition) is 4. The molecule has 4 rings (SSSR count).